The van der Waals surface area contributed by atoms with Crippen molar-refractivity contribution in [3.8, 4) is 17.6 Å². The number of imidazole rings is 1. The van der Waals surface area contributed by atoms with Gasteiger partial charge in [-0.25, -0.2) is 14.2 Å². The molecule has 3 aromatic rings. The van der Waals surface area contributed by atoms with Crippen LogP contribution in [0.2, 0.25) is 0 Å². The quantitative estimate of drug-likeness (QED) is 0.352. The highest BCUT2D eigenvalue weighted by atomic mass is 19.1. The maximum atomic E-state index is 14.3. The summed E-state index contributed by atoms with van der Waals surface area (Å²) >= 11 is 0. The Morgan fingerprint density at radius 1 is 1.05 bits per heavy atom. The second kappa shape index (κ2) is 11.4. The molecule has 236 valence electrons. The van der Waals surface area contributed by atoms with Crippen molar-refractivity contribution in [3.63, 3.8) is 0 Å². The van der Waals surface area contributed by atoms with Crippen LogP contribution in [-0.2, 0) is 4.74 Å². The lowest BCUT2D eigenvalue weighted by atomic mass is 9.93. The fraction of sp³-hybridized carbons (Fsp3) is 0.625. The van der Waals surface area contributed by atoms with Gasteiger partial charge in [0.15, 0.2) is 11.2 Å². The average Bonchev–Trinajstić information content (AvgIpc) is 3.63. The molecule has 0 N–H and O–H groups in total. The summed E-state index contributed by atoms with van der Waals surface area (Å²) in [5.74, 6) is 1.05. The maximum Gasteiger partial charge on any atom is 0.410 e. The van der Waals surface area contributed by atoms with Crippen LogP contribution in [-0.4, -0.2) is 98.6 Å². The number of piperazine rings is 1. The van der Waals surface area contributed by atoms with Crippen LogP contribution in [0.3, 0.4) is 0 Å². The highest BCUT2D eigenvalue weighted by molar-refractivity contribution is 5.77. The first-order valence-electron chi connectivity index (χ1n) is 15.9. The van der Waals surface area contributed by atoms with Gasteiger partial charge in [0.2, 0.25) is 0 Å². The molecule has 1 amide bonds. The highest BCUT2D eigenvalue weighted by Gasteiger charge is 2.49. The monoisotopic (exact) mass is 607 g/mol. The van der Waals surface area contributed by atoms with Gasteiger partial charge >= 0.3 is 12.1 Å². The molecule has 4 fully saturated rings. The van der Waals surface area contributed by atoms with Crippen LogP contribution in [0.1, 0.15) is 65.3 Å². The Balaban J connectivity index is 1.07. The van der Waals surface area contributed by atoms with Crippen molar-refractivity contribution in [1.29, 1.82) is 0 Å². The molecule has 0 spiro atoms. The van der Waals surface area contributed by atoms with E-state index in [-0.39, 0.29) is 17.6 Å². The van der Waals surface area contributed by atoms with E-state index in [4.69, 9.17) is 19.2 Å². The van der Waals surface area contributed by atoms with Gasteiger partial charge in [0.05, 0.1) is 11.9 Å². The predicted molar refractivity (Wildman–Crippen MR) is 163 cm³/mol. The molecule has 12 heteroatoms. The Hall–Kier alpha value is -3.67. The standard InChI is InChI=1S/C32H42FN7O4/c1-31(2,3)44-30(41)38-16-14-37(15-17-38)23-8-10-25(11-9-23)43-28-26-27(34-21-40(26)24-6-4-7-24)35-29(36-28)42-20-32-12-5-13-39(32)19-22(33)18-32/h8-11,21-22,24H,4-7,12-20H2,1-3H3/t22-,32-/m1/s1. The molecule has 1 aromatic carbocycles. The number of hydrogen-bond donors (Lipinski definition) is 0. The largest absolute Gasteiger partial charge is 0.461 e. The number of alkyl halides is 1. The summed E-state index contributed by atoms with van der Waals surface area (Å²) in [5, 5.41) is 0. The fourth-order valence-electron chi connectivity index (χ4n) is 6.93. The van der Waals surface area contributed by atoms with Crippen LogP contribution >= 0.6 is 0 Å². The lowest BCUT2D eigenvalue weighted by Gasteiger charge is -2.36. The molecule has 3 aliphatic heterocycles. The SMILES string of the molecule is CC(C)(C)OC(=O)N1CCN(c2ccc(Oc3nc(OC[C@]45CCCN4C[C@H](F)C5)nc4ncn(C5CCC5)c34)cc2)CC1. The third-order valence-corrected chi connectivity index (χ3v) is 9.42. The van der Waals surface area contributed by atoms with Gasteiger partial charge < -0.3 is 28.6 Å². The van der Waals surface area contributed by atoms with Gasteiger partial charge in [-0.1, -0.05) is 0 Å². The molecule has 5 heterocycles. The molecule has 0 bridgehead atoms. The van der Waals surface area contributed by atoms with Crippen molar-refractivity contribution in [3.05, 3.63) is 30.6 Å². The smallest absolute Gasteiger partial charge is 0.410 e. The maximum absolute atomic E-state index is 14.3. The number of hydrogen-bond acceptors (Lipinski definition) is 9. The van der Waals surface area contributed by atoms with Gasteiger partial charge in [-0.15, -0.1) is 0 Å². The first-order valence-corrected chi connectivity index (χ1v) is 15.9. The number of carbonyl (C=O) groups excluding carboxylic acids is 1. The van der Waals surface area contributed by atoms with E-state index in [1.54, 1.807) is 4.90 Å². The van der Waals surface area contributed by atoms with Gasteiger partial charge in [0.1, 0.15) is 24.1 Å². The van der Waals surface area contributed by atoms with E-state index in [1.165, 1.54) is 6.42 Å². The zero-order chi connectivity index (χ0) is 30.5. The molecule has 0 radical (unpaired) electrons. The van der Waals surface area contributed by atoms with Crippen molar-refractivity contribution < 1.29 is 23.4 Å². The first-order chi connectivity index (χ1) is 21.2. The topological polar surface area (TPSA) is 98.1 Å². The molecule has 0 unspecified atom stereocenters. The molecule has 7 rings (SSSR count). The van der Waals surface area contributed by atoms with E-state index in [0.717, 1.165) is 56.5 Å². The zero-order valence-electron chi connectivity index (χ0n) is 25.9. The number of rotatable bonds is 7. The summed E-state index contributed by atoms with van der Waals surface area (Å²) in [5.41, 5.74) is 1.55. The lowest BCUT2D eigenvalue weighted by molar-refractivity contribution is 0.0240. The molecule has 1 aliphatic carbocycles. The van der Waals surface area contributed by atoms with Crippen LogP contribution in [0.25, 0.3) is 11.2 Å². The second-order valence-corrected chi connectivity index (χ2v) is 13.6. The number of benzene rings is 1. The van der Waals surface area contributed by atoms with Gasteiger partial charge in [-0.05, 0) is 83.7 Å². The summed E-state index contributed by atoms with van der Waals surface area (Å²) in [4.78, 5) is 32.7. The number of aromatic nitrogens is 4. The Morgan fingerprint density at radius 3 is 2.52 bits per heavy atom. The zero-order valence-corrected chi connectivity index (χ0v) is 25.9. The van der Waals surface area contributed by atoms with Crippen LogP contribution in [0, 0.1) is 0 Å². The summed E-state index contributed by atoms with van der Waals surface area (Å²) in [6.45, 7) is 10.0. The van der Waals surface area contributed by atoms with Gasteiger partial charge in [0.25, 0.3) is 5.88 Å². The Labute approximate surface area is 257 Å². The number of fused-ring (bicyclic) bond motifs is 2. The van der Waals surface area contributed by atoms with Crippen molar-refractivity contribution in [2.24, 2.45) is 0 Å². The molecule has 1 saturated carbocycles. The minimum absolute atomic E-state index is 0.203. The van der Waals surface area contributed by atoms with Gasteiger partial charge in [-0.2, -0.15) is 9.97 Å². The Morgan fingerprint density at radius 2 is 1.82 bits per heavy atom. The number of carbonyl (C=O) groups is 1. The van der Waals surface area contributed by atoms with Crippen LogP contribution in [0.5, 0.6) is 17.6 Å². The third kappa shape index (κ3) is 5.76. The minimum atomic E-state index is -0.823. The first kappa shape index (κ1) is 29.1. The Kier molecular flexibility index (Phi) is 7.50. The van der Waals surface area contributed by atoms with Gasteiger partial charge in [0, 0.05) is 50.9 Å². The summed E-state index contributed by atoms with van der Waals surface area (Å²) < 4.78 is 34.6. The van der Waals surface area contributed by atoms with Crippen LogP contribution in [0.15, 0.2) is 30.6 Å². The van der Waals surface area contributed by atoms with E-state index < -0.39 is 11.8 Å². The van der Waals surface area contributed by atoms with Crippen molar-refractivity contribution in [1.82, 2.24) is 29.3 Å². The fourth-order valence-corrected chi connectivity index (χ4v) is 6.93. The molecule has 2 aromatic heterocycles. The van der Waals surface area contributed by atoms with Crippen molar-refractivity contribution >= 4 is 22.9 Å². The number of amides is 1. The van der Waals surface area contributed by atoms with E-state index in [1.807, 2.05) is 51.4 Å². The normalized spacial score (nSPS) is 24.4. The summed E-state index contributed by atoms with van der Waals surface area (Å²) in [6.07, 6.45) is 6.53. The van der Waals surface area contributed by atoms with Gasteiger partial charge in [-0.3, -0.25) is 4.90 Å². The molecule has 11 nitrogen and oxygen atoms in total. The highest BCUT2D eigenvalue weighted by Crippen LogP contribution is 2.41. The molecule has 4 aliphatic rings. The summed E-state index contributed by atoms with van der Waals surface area (Å²) in [6, 6.07) is 8.48. The number of ether oxygens (including phenoxy) is 3. The van der Waals surface area contributed by atoms with Crippen LogP contribution < -0.4 is 14.4 Å². The predicted octanol–water partition coefficient (Wildman–Crippen LogP) is 5.36. The minimum Gasteiger partial charge on any atom is -0.461 e. The molecule has 3 saturated heterocycles. The molecular weight excluding hydrogens is 565 g/mol. The van der Waals surface area contributed by atoms with Crippen molar-refractivity contribution in [2.75, 3.05) is 50.8 Å². The molecule has 2 atom stereocenters. The van der Waals surface area contributed by atoms with E-state index >= 15 is 0 Å². The summed E-state index contributed by atoms with van der Waals surface area (Å²) in [7, 11) is 0. The van der Waals surface area contributed by atoms with Crippen LogP contribution in [0.4, 0.5) is 14.9 Å². The second-order valence-electron chi connectivity index (χ2n) is 13.6. The number of halogens is 1. The number of anilines is 1. The third-order valence-electron chi connectivity index (χ3n) is 9.42. The van der Waals surface area contributed by atoms with Crippen molar-refractivity contribution in [2.45, 2.75) is 82.6 Å². The van der Waals surface area contributed by atoms with E-state index in [2.05, 4.69) is 24.3 Å². The number of nitrogens with zero attached hydrogens (tertiary/aromatic N) is 7. The van der Waals surface area contributed by atoms with E-state index in [0.29, 0.717) is 56.0 Å². The Bertz CT molecular complexity index is 1500. The average molecular weight is 608 g/mol. The molecular formula is C32H42FN7O4. The van der Waals surface area contributed by atoms with E-state index in [9.17, 15) is 9.18 Å². The lowest BCUT2D eigenvalue weighted by Crippen LogP contribution is -2.50. The molecule has 44 heavy (non-hydrogen) atoms.